The highest BCUT2D eigenvalue weighted by atomic mass is 32.1. The van der Waals surface area contributed by atoms with Crippen LogP contribution in [0.4, 0.5) is 0 Å². The fraction of sp³-hybridized carbons (Fsp3) is 0.500. The Bertz CT molecular complexity index is 554. The normalized spacial score (nSPS) is 15.4. The van der Waals surface area contributed by atoms with Gasteiger partial charge in [-0.2, -0.15) is 0 Å². The van der Waals surface area contributed by atoms with Gasteiger partial charge in [0.25, 0.3) is 0 Å². The Morgan fingerprint density at radius 2 is 2.47 bits per heavy atom. The lowest BCUT2D eigenvalue weighted by Crippen LogP contribution is -2.08. The van der Waals surface area contributed by atoms with Crippen molar-refractivity contribution in [1.29, 1.82) is 0 Å². The van der Waals surface area contributed by atoms with Gasteiger partial charge < -0.3 is 4.74 Å². The van der Waals surface area contributed by atoms with Crippen molar-refractivity contribution in [2.24, 2.45) is 0 Å². The van der Waals surface area contributed by atoms with Crippen molar-refractivity contribution in [3.63, 3.8) is 0 Å². The molecule has 0 unspecified atom stereocenters. The Morgan fingerprint density at radius 1 is 1.65 bits per heavy atom. The van der Waals surface area contributed by atoms with Crippen LogP contribution in [-0.2, 0) is 16.0 Å². The van der Waals surface area contributed by atoms with Crippen LogP contribution in [0.3, 0.4) is 0 Å². The van der Waals surface area contributed by atoms with Crippen molar-refractivity contribution in [1.82, 2.24) is 9.38 Å². The average molecular weight is 250 g/mol. The summed E-state index contributed by atoms with van der Waals surface area (Å²) in [5.41, 5.74) is 2.14. The molecular formula is C12H14N2O2S. The molecule has 1 saturated carbocycles. The van der Waals surface area contributed by atoms with Crippen LogP contribution in [0.5, 0.6) is 0 Å². The number of rotatable bonds is 4. The number of carbonyl (C=O) groups excluding carboxylic acids is 1. The zero-order valence-electron chi connectivity index (χ0n) is 9.68. The van der Waals surface area contributed by atoms with Gasteiger partial charge in [0.1, 0.15) is 0 Å². The van der Waals surface area contributed by atoms with E-state index in [2.05, 4.69) is 11.2 Å². The van der Waals surface area contributed by atoms with Gasteiger partial charge in [-0.3, -0.25) is 9.20 Å². The van der Waals surface area contributed by atoms with E-state index in [1.807, 2.05) is 16.7 Å². The summed E-state index contributed by atoms with van der Waals surface area (Å²) in [6, 6.07) is 0. The fourth-order valence-corrected chi connectivity index (χ4v) is 2.79. The molecule has 0 aromatic carbocycles. The summed E-state index contributed by atoms with van der Waals surface area (Å²) in [7, 11) is 0. The first kappa shape index (κ1) is 10.8. The molecule has 1 aliphatic carbocycles. The molecule has 0 bridgehead atoms. The molecule has 0 saturated heterocycles. The third-order valence-corrected chi connectivity index (χ3v) is 3.82. The molecule has 0 aliphatic heterocycles. The lowest BCUT2D eigenvalue weighted by atomic mass is 10.3. The molecule has 2 heterocycles. The van der Waals surface area contributed by atoms with Crippen LogP contribution in [0, 0.1) is 0 Å². The lowest BCUT2D eigenvalue weighted by molar-refractivity contribution is -0.142. The lowest BCUT2D eigenvalue weighted by Gasteiger charge is -2.00. The van der Waals surface area contributed by atoms with Crippen molar-refractivity contribution in [3.8, 4) is 0 Å². The molecule has 90 valence electrons. The minimum atomic E-state index is -0.172. The number of fused-ring (bicyclic) bond motifs is 1. The Labute approximate surface area is 103 Å². The van der Waals surface area contributed by atoms with E-state index in [1.54, 1.807) is 11.3 Å². The van der Waals surface area contributed by atoms with E-state index in [9.17, 15) is 4.79 Å². The van der Waals surface area contributed by atoms with Gasteiger partial charge in [-0.05, 0) is 19.8 Å². The molecule has 0 amide bonds. The molecule has 0 radical (unpaired) electrons. The topological polar surface area (TPSA) is 43.6 Å². The second-order valence-electron chi connectivity index (χ2n) is 4.30. The number of imidazole rings is 1. The molecular weight excluding hydrogens is 236 g/mol. The van der Waals surface area contributed by atoms with Crippen molar-refractivity contribution >= 4 is 22.3 Å². The average Bonchev–Trinajstić information content (AvgIpc) is 2.96. The van der Waals surface area contributed by atoms with Crippen LogP contribution >= 0.6 is 11.3 Å². The number of hydrogen-bond donors (Lipinski definition) is 0. The standard InChI is InChI=1S/C12H14N2O2S/c1-2-16-11(15)5-9-7-17-12-13-10(6-14(9)12)8-3-4-8/h6-8H,2-5H2,1H3. The Morgan fingerprint density at radius 3 is 3.18 bits per heavy atom. The summed E-state index contributed by atoms with van der Waals surface area (Å²) >= 11 is 1.58. The Balaban J connectivity index is 1.85. The van der Waals surface area contributed by atoms with Crippen LogP contribution < -0.4 is 0 Å². The van der Waals surface area contributed by atoms with Gasteiger partial charge >= 0.3 is 5.97 Å². The summed E-state index contributed by atoms with van der Waals surface area (Å²) < 4.78 is 6.99. The maximum absolute atomic E-state index is 11.5. The van der Waals surface area contributed by atoms with Gasteiger partial charge in [0.15, 0.2) is 4.96 Å². The molecule has 1 fully saturated rings. The molecule has 5 heteroatoms. The molecule has 2 aromatic heterocycles. The highest BCUT2D eigenvalue weighted by molar-refractivity contribution is 7.15. The zero-order valence-corrected chi connectivity index (χ0v) is 10.5. The van der Waals surface area contributed by atoms with Gasteiger partial charge in [-0.15, -0.1) is 11.3 Å². The molecule has 4 nitrogen and oxygen atoms in total. The summed E-state index contributed by atoms with van der Waals surface area (Å²) in [5.74, 6) is 0.478. The summed E-state index contributed by atoms with van der Waals surface area (Å²) in [6.07, 6.45) is 4.89. The number of hydrogen-bond acceptors (Lipinski definition) is 4. The third-order valence-electron chi connectivity index (χ3n) is 2.93. The van der Waals surface area contributed by atoms with Crippen LogP contribution in [0.1, 0.15) is 37.1 Å². The molecule has 0 spiro atoms. The highest BCUT2D eigenvalue weighted by Crippen LogP contribution is 2.39. The molecule has 0 N–H and O–H groups in total. The van der Waals surface area contributed by atoms with Gasteiger partial charge in [-0.1, -0.05) is 0 Å². The van der Waals surface area contributed by atoms with E-state index in [1.165, 1.54) is 18.5 Å². The number of aromatic nitrogens is 2. The monoisotopic (exact) mass is 250 g/mol. The Kier molecular flexibility index (Phi) is 2.63. The molecule has 0 atom stereocenters. The van der Waals surface area contributed by atoms with Crippen LogP contribution in [-0.4, -0.2) is 22.0 Å². The SMILES string of the molecule is CCOC(=O)Cc1csc2nc(C3CC3)cn12. The largest absolute Gasteiger partial charge is 0.466 e. The fourth-order valence-electron chi connectivity index (χ4n) is 1.91. The summed E-state index contributed by atoms with van der Waals surface area (Å²) in [6.45, 7) is 2.26. The quantitative estimate of drug-likeness (QED) is 0.782. The summed E-state index contributed by atoms with van der Waals surface area (Å²) in [4.78, 5) is 17.0. The van der Waals surface area contributed by atoms with Crippen molar-refractivity contribution < 1.29 is 9.53 Å². The van der Waals surface area contributed by atoms with Crippen molar-refractivity contribution in [2.75, 3.05) is 6.61 Å². The maximum atomic E-state index is 11.5. The van der Waals surface area contributed by atoms with Crippen LogP contribution in [0.25, 0.3) is 4.96 Å². The predicted molar refractivity (Wildman–Crippen MR) is 65.4 cm³/mol. The highest BCUT2D eigenvalue weighted by Gasteiger charge is 2.27. The van der Waals surface area contributed by atoms with Crippen LogP contribution in [0.15, 0.2) is 11.6 Å². The second kappa shape index (κ2) is 4.14. The van der Waals surface area contributed by atoms with Crippen molar-refractivity contribution in [3.05, 3.63) is 23.0 Å². The number of carbonyl (C=O) groups is 1. The van der Waals surface area contributed by atoms with Gasteiger partial charge in [0.05, 0.1) is 18.7 Å². The number of esters is 1. The van der Waals surface area contributed by atoms with Gasteiger partial charge in [0, 0.05) is 23.2 Å². The van der Waals surface area contributed by atoms with Crippen molar-refractivity contribution in [2.45, 2.75) is 32.1 Å². The first-order valence-electron chi connectivity index (χ1n) is 5.89. The smallest absolute Gasteiger partial charge is 0.311 e. The maximum Gasteiger partial charge on any atom is 0.311 e. The number of nitrogens with zero attached hydrogens (tertiary/aromatic N) is 2. The number of ether oxygens (including phenoxy) is 1. The minimum absolute atomic E-state index is 0.172. The summed E-state index contributed by atoms with van der Waals surface area (Å²) in [5, 5.41) is 1.98. The van der Waals surface area contributed by atoms with E-state index in [0.717, 1.165) is 10.7 Å². The Hall–Kier alpha value is -1.36. The molecule has 3 rings (SSSR count). The second-order valence-corrected chi connectivity index (χ2v) is 5.14. The van der Waals surface area contributed by atoms with E-state index >= 15 is 0 Å². The first-order valence-corrected chi connectivity index (χ1v) is 6.77. The van der Waals surface area contributed by atoms with Gasteiger partial charge in [0.2, 0.25) is 0 Å². The third kappa shape index (κ3) is 2.07. The van der Waals surface area contributed by atoms with E-state index in [4.69, 9.17) is 4.74 Å². The molecule has 17 heavy (non-hydrogen) atoms. The van der Waals surface area contributed by atoms with Gasteiger partial charge in [-0.25, -0.2) is 4.98 Å². The van der Waals surface area contributed by atoms with E-state index in [0.29, 0.717) is 18.9 Å². The number of thiazole rings is 1. The zero-order chi connectivity index (χ0) is 11.8. The first-order chi connectivity index (χ1) is 8.28. The molecule has 2 aromatic rings. The minimum Gasteiger partial charge on any atom is -0.466 e. The van der Waals surface area contributed by atoms with Crippen LogP contribution in [0.2, 0.25) is 0 Å². The van der Waals surface area contributed by atoms with E-state index < -0.39 is 0 Å². The van der Waals surface area contributed by atoms with E-state index in [-0.39, 0.29) is 5.97 Å². The predicted octanol–water partition coefficient (Wildman–Crippen LogP) is 2.38. The molecule has 1 aliphatic rings.